The molecule has 168 valence electrons. The molecule has 2 amide bonds. The van der Waals surface area contributed by atoms with E-state index in [4.69, 9.17) is 5.11 Å². The smallest absolute Gasteiger partial charge is 0.422 e. The molecule has 0 saturated carbocycles. The molecule has 3 aromatic rings. The van der Waals surface area contributed by atoms with Crippen LogP contribution in [0.2, 0.25) is 0 Å². The predicted octanol–water partition coefficient (Wildman–Crippen LogP) is -0.0858. The molecule has 0 spiro atoms. The number of carbonyl (C=O) groups is 3. The number of hydrogen-bond donors (Lipinski definition) is 3. The van der Waals surface area contributed by atoms with Gasteiger partial charge in [-0.25, -0.2) is 9.59 Å². The second-order valence-electron chi connectivity index (χ2n) is 6.48. The van der Waals surface area contributed by atoms with Crippen LogP contribution in [0.25, 0.3) is 10.9 Å². The number of likely N-dealkylation sites (N-methyl/N-ethyl adjacent to an activating group) is 1. The van der Waals surface area contributed by atoms with E-state index in [2.05, 4.69) is 15.5 Å². The van der Waals surface area contributed by atoms with Crippen molar-refractivity contribution in [1.82, 2.24) is 9.88 Å². The molecule has 2 aromatic carbocycles. The van der Waals surface area contributed by atoms with Crippen LogP contribution in [0.15, 0.2) is 62.5 Å². The number of rotatable bonds is 1. The molecule has 32 heavy (non-hydrogen) atoms. The molecular formula is C21H22N4O7. The SMILES string of the molecule is CN1C(=O)CNC(=O)c2ccccc21.Cn1c(=O)oc(=O)c2ccccc21.NCC(=O)O. The summed E-state index contributed by atoms with van der Waals surface area (Å²) in [4.78, 5) is 55.9. The number of nitrogens with zero attached hydrogens (tertiary/aromatic N) is 2. The fourth-order valence-corrected chi connectivity index (χ4v) is 2.70. The number of carboxylic acid groups (broad SMARTS) is 1. The van der Waals surface area contributed by atoms with Crippen molar-refractivity contribution in [3.8, 4) is 0 Å². The molecule has 11 heteroatoms. The standard InChI is InChI=1S/C10H10N2O2.C9H7NO3.C2H5NO2/c1-12-8-5-3-2-4-7(8)10(14)11-6-9(12)13;1-10-7-5-3-2-4-6(7)8(11)13-9(10)12;3-1-2(4)5/h2-5H,6H2,1H3,(H,11,14);2-5H,1H3;1,3H2,(H,4,5). The third kappa shape index (κ3) is 5.67. The number of aliphatic carboxylic acids is 1. The van der Waals surface area contributed by atoms with Crippen molar-refractivity contribution in [1.29, 1.82) is 0 Å². The van der Waals surface area contributed by atoms with Crippen molar-refractivity contribution in [3.63, 3.8) is 0 Å². The zero-order valence-electron chi connectivity index (χ0n) is 17.4. The molecule has 0 atom stereocenters. The molecule has 0 fully saturated rings. The quantitative estimate of drug-likeness (QED) is 0.470. The molecule has 11 nitrogen and oxygen atoms in total. The Hall–Kier alpha value is -4.25. The van der Waals surface area contributed by atoms with Crippen molar-refractivity contribution >= 4 is 34.4 Å². The molecule has 0 radical (unpaired) electrons. The monoisotopic (exact) mass is 442 g/mol. The highest BCUT2D eigenvalue weighted by molar-refractivity contribution is 6.09. The van der Waals surface area contributed by atoms with Gasteiger partial charge in [-0.1, -0.05) is 24.3 Å². The highest BCUT2D eigenvalue weighted by atomic mass is 16.4. The van der Waals surface area contributed by atoms with E-state index in [1.165, 1.54) is 9.47 Å². The molecule has 0 saturated heterocycles. The number of anilines is 1. The Morgan fingerprint density at radius 3 is 2.31 bits per heavy atom. The first-order chi connectivity index (χ1) is 15.2. The van der Waals surface area contributed by atoms with Gasteiger partial charge in [0.25, 0.3) is 5.91 Å². The van der Waals surface area contributed by atoms with E-state index in [0.29, 0.717) is 22.2 Å². The predicted molar refractivity (Wildman–Crippen MR) is 117 cm³/mol. The summed E-state index contributed by atoms with van der Waals surface area (Å²) in [7, 11) is 3.23. The van der Waals surface area contributed by atoms with Crippen LogP contribution in [0.5, 0.6) is 0 Å². The highest BCUT2D eigenvalue weighted by Gasteiger charge is 2.22. The first-order valence-corrected chi connectivity index (χ1v) is 9.31. The van der Waals surface area contributed by atoms with Crippen LogP contribution < -0.4 is 27.3 Å². The summed E-state index contributed by atoms with van der Waals surface area (Å²) in [5.41, 5.74) is 5.78. The normalized spacial score (nSPS) is 12.4. The van der Waals surface area contributed by atoms with E-state index in [0.717, 1.165) is 0 Å². The van der Waals surface area contributed by atoms with Gasteiger partial charge in [-0.3, -0.25) is 19.0 Å². The minimum Gasteiger partial charge on any atom is -0.480 e. The average molecular weight is 442 g/mol. The number of amides is 2. The number of carbonyl (C=O) groups excluding carboxylic acids is 2. The Labute approximate surface area is 181 Å². The first-order valence-electron chi connectivity index (χ1n) is 9.31. The minimum absolute atomic E-state index is 0.0595. The lowest BCUT2D eigenvalue weighted by atomic mass is 10.1. The maximum atomic E-state index is 11.5. The van der Waals surface area contributed by atoms with E-state index in [9.17, 15) is 24.0 Å². The van der Waals surface area contributed by atoms with Crippen LogP contribution in [-0.2, 0) is 16.6 Å². The lowest BCUT2D eigenvalue weighted by Crippen LogP contribution is -2.33. The molecule has 0 bridgehead atoms. The number of aromatic nitrogens is 1. The van der Waals surface area contributed by atoms with Crippen LogP contribution in [0, 0.1) is 0 Å². The minimum atomic E-state index is -0.968. The fourth-order valence-electron chi connectivity index (χ4n) is 2.70. The van der Waals surface area contributed by atoms with Crippen molar-refractivity contribution < 1.29 is 23.9 Å². The first kappa shape index (κ1) is 24.0. The summed E-state index contributed by atoms with van der Waals surface area (Å²) in [6.07, 6.45) is 0. The number of hydrogen-bond acceptors (Lipinski definition) is 7. The number of nitrogens with one attached hydrogen (secondary N) is 1. The number of aryl methyl sites for hydroxylation is 1. The van der Waals surface area contributed by atoms with Crippen LogP contribution in [0.4, 0.5) is 5.69 Å². The number of benzene rings is 2. The van der Waals surface area contributed by atoms with Gasteiger partial charge in [-0.2, -0.15) is 0 Å². The van der Waals surface area contributed by atoms with Crippen molar-refractivity contribution in [3.05, 3.63) is 75.1 Å². The Bertz CT molecular complexity index is 1260. The van der Waals surface area contributed by atoms with Gasteiger partial charge >= 0.3 is 17.4 Å². The number of fused-ring (bicyclic) bond motifs is 2. The molecule has 4 N–H and O–H groups in total. The summed E-state index contributed by atoms with van der Waals surface area (Å²) in [6.45, 7) is -0.218. The molecule has 1 aromatic heterocycles. The maximum Gasteiger partial charge on any atom is 0.422 e. The van der Waals surface area contributed by atoms with Gasteiger partial charge in [0.05, 0.1) is 35.2 Å². The van der Waals surface area contributed by atoms with Crippen molar-refractivity contribution in [2.75, 3.05) is 25.0 Å². The van der Waals surface area contributed by atoms with Crippen LogP contribution in [0.1, 0.15) is 10.4 Å². The zero-order chi connectivity index (χ0) is 23.8. The number of carboxylic acids is 1. The van der Waals surface area contributed by atoms with Gasteiger partial charge in [-0.05, 0) is 24.3 Å². The fraction of sp³-hybridized carbons (Fsp3) is 0.190. The molecule has 4 rings (SSSR count). The largest absolute Gasteiger partial charge is 0.480 e. The maximum absolute atomic E-state index is 11.5. The second kappa shape index (κ2) is 10.7. The molecule has 0 aliphatic carbocycles. The van der Waals surface area contributed by atoms with E-state index >= 15 is 0 Å². The summed E-state index contributed by atoms with van der Waals surface area (Å²) in [5.74, 6) is -1.91. The summed E-state index contributed by atoms with van der Waals surface area (Å²) in [6, 6.07) is 13.9. The van der Waals surface area contributed by atoms with Gasteiger partial charge in [0.2, 0.25) is 5.91 Å². The van der Waals surface area contributed by atoms with Crippen LogP contribution in [0.3, 0.4) is 0 Å². The van der Waals surface area contributed by atoms with Crippen molar-refractivity contribution in [2.24, 2.45) is 12.8 Å². The lowest BCUT2D eigenvalue weighted by Gasteiger charge is -2.15. The Kier molecular flexibility index (Phi) is 8.02. The van der Waals surface area contributed by atoms with Gasteiger partial charge in [0.1, 0.15) is 0 Å². The third-order valence-corrected chi connectivity index (χ3v) is 4.40. The van der Waals surface area contributed by atoms with Gasteiger partial charge in [0.15, 0.2) is 0 Å². The van der Waals surface area contributed by atoms with Crippen LogP contribution >= 0.6 is 0 Å². The summed E-state index contributed by atoms with van der Waals surface area (Å²) >= 11 is 0. The van der Waals surface area contributed by atoms with E-state index in [1.807, 2.05) is 0 Å². The Morgan fingerprint density at radius 2 is 1.66 bits per heavy atom. The lowest BCUT2D eigenvalue weighted by molar-refractivity contribution is -0.135. The highest BCUT2D eigenvalue weighted by Crippen LogP contribution is 2.20. The average Bonchev–Trinajstić information content (AvgIpc) is 2.91. The summed E-state index contributed by atoms with van der Waals surface area (Å²) in [5, 5.41) is 10.6. The van der Waals surface area contributed by atoms with Gasteiger partial charge in [-0.15, -0.1) is 0 Å². The molecular weight excluding hydrogens is 420 g/mol. The summed E-state index contributed by atoms with van der Waals surface area (Å²) < 4.78 is 5.78. The Morgan fingerprint density at radius 1 is 1.06 bits per heavy atom. The van der Waals surface area contributed by atoms with Gasteiger partial charge in [0, 0.05) is 14.1 Å². The number of para-hydroxylation sites is 2. The second-order valence-corrected chi connectivity index (χ2v) is 6.48. The third-order valence-electron chi connectivity index (χ3n) is 4.40. The topological polar surface area (TPSA) is 165 Å². The molecule has 0 unspecified atom stereocenters. The Balaban J connectivity index is 0.000000189. The van der Waals surface area contributed by atoms with Crippen molar-refractivity contribution in [2.45, 2.75) is 0 Å². The van der Waals surface area contributed by atoms with E-state index < -0.39 is 17.4 Å². The van der Waals surface area contributed by atoms with Gasteiger partial charge < -0.3 is 25.5 Å². The van der Waals surface area contributed by atoms with E-state index in [-0.39, 0.29) is 24.9 Å². The number of nitrogens with two attached hydrogens (primary N) is 1. The van der Waals surface area contributed by atoms with E-state index in [1.54, 1.807) is 62.6 Å². The zero-order valence-corrected chi connectivity index (χ0v) is 17.4. The molecule has 2 heterocycles. The van der Waals surface area contributed by atoms with Crippen LogP contribution in [-0.4, -0.2) is 47.6 Å². The molecule has 1 aliphatic heterocycles. The molecule has 1 aliphatic rings.